The fourth-order valence-corrected chi connectivity index (χ4v) is 4.09. The first-order chi connectivity index (χ1) is 10.2. The molecule has 6 heteroatoms. The van der Waals surface area contributed by atoms with Crippen LogP contribution in [0.4, 0.5) is 0 Å². The molecule has 0 spiro atoms. The van der Waals surface area contributed by atoms with E-state index in [0.717, 1.165) is 29.9 Å². The average Bonchev–Trinajstić information content (AvgIpc) is 3.03. The molecule has 1 aromatic heterocycles. The minimum atomic E-state index is -0.320. The Morgan fingerprint density at radius 2 is 2.29 bits per heavy atom. The number of ether oxygens (including phenoxy) is 1. The molecule has 0 bridgehead atoms. The van der Waals surface area contributed by atoms with Gasteiger partial charge in [0.1, 0.15) is 0 Å². The summed E-state index contributed by atoms with van der Waals surface area (Å²) in [4.78, 5) is 11.9. The number of rotatable bonds is 7. The van der Waals surface area contributed by atoms with E-state index in [1.165, 1.54) is 0 Å². The Morgan fingerprint density at radius 1 is 1.48 bits per heavy atom. The molecule has 0 aliphatic carbocycles. The Kier molecular flexibility index (Phi) is 6.76. The number of carbonyl (C=O) groups excluding carboxylic acids is 1. The van der Waals surface area contributed by atoms with Crippen LogP contribution in [0.3, 0.4) is 0 Å². The van der Waals surface area contributed by atoms with Crippen molar-refractivity contribution in [3.8, 4) is 0 Å². The number of thioether (sulfide) groups is 1. The number of thiophene rings is 1. The van der Waals surface area contributed by atoms with Gasteiger partial charge in [-0.25, -0.2) is 0 Å². The van der Waals surface area contributed by atoms with Gasteiger partial charge in [0.25, 0.3) is 0 Å². The molecule has 1 aromatic rings. The maximum Gasteiger partial charge on any atom is 0.244 e. The van der Waals surface area contributed by atoms with Crippen LogP contribution in [-0.2, 0) is 9.53 Å². The molecule has 1 saturated heterocycles. The monoisotopic (exact) mass is 327 g/mol. The van der Waals surface area contributed by atoms with Gasteiger partial charge in [0, 0.05) is 12.6 Å². The second-order valence-electron chi connectivity index (χ2n) is 4.98. The maximum absolute atomic E-state index is 11.9. The Balaban J connectivity index is 1.84. The molecule has 2 heterocycles. The van der Waals surface area contributed by atoms with E-state index in [4.69, 9.17) is 9.84 Å². The van der Waals surface area contributed by atoms with Gasteiger partial charge in [-0.1, -0.05) is 0 Å². The van der Waals surface area contributed by atoms with Crippen molar-refractivity contribution in [3.63, 3.8) is 0 Å². The molecule has 0 saturated carbocycles. The van der Waals surface area contributed by atoms with E-state index in [1.807, 2.05) is 34.7 Å². The van der Waals surface area contributed by atoms with E-state index in [2.05, 4.69) is 5.32 Å². The molecule has 1 fully saturated rings. The number of hydrogen-bond acceptors (Lipinski definition) is 5. The number of carbonyl (C=O) groups is 1. The van der Waals surface area contributed by atoms with Crippen molar-refractivity contribution in [2.75, 3.05) is 31.3 Å². The van der Waals surface area contributed by atoms with Crippen molar-refractivity contribution < 1.29 is 14.6 Å². The van der Waals surface area contributed by atoms with Crippen molar-refractivity contribution in [1.82, 2.24) is 5.32 Å². The molecule has 21 heavy (non-hydrogen) atoms. The van der Waals surface area contributed by atoms with Gasteiger partial charge >= 0.3 is 0 Å². The Labute approximate surface area is 133 Å². The van der Waals surface area contributed by atoms with E-state index < -0.39 is 0 Å². The number of hydrogen-bond donors (Lipinski definition) is 2. The Morgan fingerprint density at radius 3 is 2.95 bits per heavy atom. The van der Waals surface area contributed by atoms with E-state index in [9.17, 15) is 4.79 Å². The lowest BCUT2D eigenvalue weighted by molar-refractivity contribution is -0.119. The highest BCUT2D eigenvalue weighted by atomic mass is 32.2. The van der Waals surface area contributed by atoms with Gasteiger partial charge in [-0.2, -0.15) is 23.1 Å². The topological polar surface area (TPSA) is 58.6 Å². The van der Waals surface area contributed by atoms with Gasteiger partial charge in [0.05, 0.1) is 18.8 Å². The fourth-order valence-electron chi connectivity index (χ4n) is 2.23. The van der Waals surface area contributed by atoms with Crippen LogP contribution in [-0.4, -0.2) is 47.9 Å². The maximum atomic E-state index is 11.9. The third kappa shape index (κ3) is 5.47. The van der Waals surface area contributed by atoms with Crippen molar-refractivity contribution in [2.24, 2.45) is 0 Å². The zero-order chi connectivity index (χ0) is 15.0. The van der Waals surface area contributed by atoms with Gasteiger partial charge in [-0.15, -0.1) is 0 Å². The minimum absolute atomic E-state index is 0.0148. The summed E-state index contributed by atoms with van der Waals surface area (Å²) in [6.07, 6.45) is 5.18. The lowest BCUT2D eigenvalue weighted by atomic mass is 9.96. The largest absolute Gasteiger partial charge is 0.394 e. The van der Waals surface area contributed by atoms with Gasteiger partial charge in [0.2, 0.25) is 5.91 Å². The highest BCUT2D eigenvalue weighted by Crippen LogP contribution is 2.29. The van der Waals surface area contributed by atoms with Crippen LogP contribution in [0.2, 0.25) is 0 Å². The second-order valence-corrected chi connectivity index (χ2v) is 6.98. The summed E-state index contributed by atoms with van der Waals surface area (Å²) in [5, 5.41) is 15.9. The molecule has 1 aliphatic rings. The third-order valence-corrected chi connectivity index (χ3v) is 5.15. The quantitative estimate of drug-likeness (QED) is 0.754. The molecule has 2 N–H and O–H groups in total. The number of amides is 1. The number of aliphatic hydroxyl groups excluding tert-OH is 1. The molecule has 116 valence electrons. The average molecular weight is 327 g/mol. The van der Waals surface area contributed by atoms with Crippen LogP contribution in [0.15, 0.2) is 22.9 Å². The van der Waals surface area contributed by atoms with Crippen LogP contribution in [0.25, 0.3) is 6.08 Å². The second kappa shape index (κ2) is 8.58. The predicted octanol–water partition coefficient (Wildman–Crippen LogP) is 2.15. The minimum Gasteiger partial charge on any atom is -0.394 e. The molecular formula is C15H21NO3S2. The number of nitrogens with one attached hydrogen (secondary N) is 1. The summed E-state index contributed by atoms with van der Waals surface area (Å²) in [6.45, 7) is 0.840. The zero-order valence-electron chi connectivity index (χ0n) is 11.9. The lowest BCUT2D eigenvalue weighted by Gasteiger charge is -2.36. The predicted molar refractivity (Wildman–Crippen MR) is 88.7 cm³/mol. The summed E-state index contributed by atoms with van der Waals surface area (Å²) >= 11 is 3.51. The standard InChI is InChI=1S/C15H21NO3S2/c17-6-7-19-15(4-9-20-10-5-15)12-16-14(18)2-1-13-3-8-21-11-13/h1-3,8,11,17H,4-7,9-10,12H2,(H,16,18). The first-order valence-corrected chi connectivity index (χ1v) is 9.14. The lowest BCUT2D eigenvalue weighted by Crippen LogP contribution is -2.47. The Hall–Kier alpha value is -0.820. The number of aliphatic hydroxyl groups is 1. The van der Waals surface area contributed by atoms with E-state index in [0.29, 0.717) is 13.2 Å². The van der Waals surface area contributed by atoms with Crippen molar-refractivity contribution in [1.29, 1.82) is 0 Å². The summed E-state index contributed by atoms with van der Waals surface area (Å²) in [5.74, 6) is 1.96. The molecule has 1 aliphatic heterocycles. The first-order valence-electron chi connectivity index (χ1n) is 7.05. The van der Waals surface area contributed by atoms with Gasteiger partial charge < -0.3 is 15.2 Å². The van der Waals surface area contributed by atoms with Crippen LogP contribution in [0.1, 0.15) is 18.4 Å². The Bertz CT molecular complexity index is 453. The first kappa shape index (κ1) is 16.5. The van der Waals surface area contributed by atoms with Crippen molar-refractivity contribution >= 4 is 35.1 Å². The smallest absolute Gasteiger partial charge is 0.244 e. The molecule has 1 amide bonds. The zero-order valence-corrected chi connectivity index (χ0v) is 13.5. The molecule has 2 rings (SSSR count). The van der Waals surface area contributed by atoms with E-state index in [-0.39, 0.29) is 18.1 Å². The van der Waals surface area contributed by atoms with Crippen LogP contribution < -0.4 is 5.32 Å². The fraction of sp³-hybridized carbons (Fsp3) is 0.533. The normalized spacial score (nSPS) is 18.0. The van der Waals surface area contributed by atoms with Gasteiger partial charge in [0.15, 0.2) is 0 Å². The van der Waals surface area contributed by atoms with Gasteiger partial charge in [-0.3, -0.25) is 4.79 Å². The van der Waals surface area contributed by atoms with Crippen LogP contribution >= 0.6 is 23.1 Å². The molecule has 4 nitrogen and oxygen atoms in total. The third-order valence-electron chi connectivity index (χ3n) is 3.46. The highest BCUT2D eigenvalue weighted by molar-refractivity contribution is 7.99. The summed E-state index contributed by atoms with van der Waals surface area (Å²) < 4.78 is 5.82. The molecule has 0 aromatic carbocycles. The van der Waals surface area contributed by atoms with Crippen molar-refractivity contribution in [2.45, 2.75) is 18.4 Å². The summed E-state index contributed by atoms with van der Waals surface area (Å²) in [7, 11) is 0. The SMILES string of the molecule is O=C(C=Cc1ccsc1)NCC1(OCCO)CCSCC1. The molecule has 0 unspecified atom stereocenters. The van der Waals surface area contributed by atoms with Crippen molar-refractivity contribution in [3.05, 3.63) is 28.5 Å². The summed E-state index contributed by atoms with van der Waals surface area (Å²) in [6, 6.07) is 1.97. The molecule has 0 atom stereocenters. The highest BCUT2D eigenvalue weighted by Gasteiger charge is 2.33. The van der Waals surface area contributed by atoms with E-state index in [1.54, 1.807) is 17.4 Å². The summed E-state index contributed by atoms with van der Waals surface area (Å²) in [5.41, 5.74) is 0.718. The molecule has 0 radical (unpaired) electrons. The van der Waals surface area contributed by atoms with E-state index >= 15 is 0 Å². The van der Waals surface area contributed by atoms with Crippen LogP contribution in [0.5, 0.6) is 0 Å². The van der Waals surface area contributed by atoms with Crippen LogP contribution in [0, 0.1) is 0 Å². The van der Waals surface area contributed by atoms with Gasteiger partial charge in [-0.05, 0) is 52.8 Å². The molecular weight excluding hydrogens is 306 g/mol.